The third kappa shape index (κ3) is 2.93. The molecule has 2 rings (SSSR count). The van der Waals surface area contributed by atoms with Gasteiger partial charge in [0.2, 0.25) is 0 Å². The zero-order valence-corrected chi connectivity index (χ0v) is 12.0. The van der Waals surface area contributed by atoms with Crippen molar-refractivity contribution in [2.24, 2.45) is 0 Å². The van der Waals surface area contributed by atoms with Gasteiger partial charge in [-0.2, -0.15) is 0 Å². The van der Waals surface area contributed by atoms with Gasteiger partial charge in [0.15, 0.2) is 5.13 Å². The topological polar surface area (TPSA) is 24.9 Å². The zero-order chi connectivity index (χ0) is 10.8. The summed E-state index contributed by atoms with van der Waals surface area (Å²) in [4.78, 5) is 4.23. The van der Waals surface area contributed by atoms with Gasteiger partial charge in [-0.15, -0.1) is 11.3 Å². The van der Waals surface area contributed by atoms with E-state index in [0.717, 1.165) is 19.9 Å². The van der Waals surface area contributed by atoms with Gasteiger partial charge in [-0.1, -0.05) is 27.5 Å². The van der Waals surface area contributed by atoms with Gasteiger partial charge in [-0.05, 0) is 34.1 Å². The number of rotatable bonds is 2. The van der Waals surface area contributed by atoms with Crippen molar-refractivity contribution >= 4 is 65.6 Å². The van der Waals surface area contributed by atoms with Gasteiger partial charge in [0.25, 0.3) is 0 Å². The molecule has 2 nitrogen and oxygen atoms in total. The highest BCUT2D eigenvalue weighted by atomic mass is 79.9. The van der Waals surface area contributed by atoms with Crippen LogP contribution in [0.5, 0.6) is 0 Å². The zero-order valence-electron chi connectivity index (χ0n) is 7.30. The van der Waals surface area contributed by atoms with E-state index in [1.165, 1.54) is 11.3 Å². The molecule has 0 fully saturated rings. The fourth-order valence-corrected chi connectivity index (χ4v) is 2.70. The molecule has 0 amide bonds. The average molecular weight is 368 g/mol. The van der Waals surface area contributed by atoms with Crippen LogP contribution in [0.2, 0.25) is 5.02 Å². The summed E-state index contributed by atoms with van der Waals surface area (Å²) in [7, 11) is 0. The Bertz CT molecular complexity index is 487. The van der Waals surface area contributed by atoms with E-state index in [1.807, 2.05) is 23.6 Å². The highest BCUT2D eigenvalue weighted by Crippen LogP contribution is 2.30. The van der Waals surface area contributed by atoms with Crippen molar-refractivity contribution in [2.75, 3.05) is 5.32 Å². The maximum atomic E-state index is 6.03. The van der Waals surface area contributed by atoms with Gasteiger partial charge in [0, 0.05) is 9.85 Å². The van der Waals surface area contributed by atoms with E-state index in [1.54, 1.807) is 0 Å². The van der Waals surface area contributed by atoms with Crippen molar-refractivity contribution in [1.82, 2.24) is 4.98 Å². The molecule has 0 radical (unpaired) electrons. The monoisotopic (exact) mass is 366 g/mol. The van der Waals surface area contributed by atoms with Crippen LogP contribution in [-0.2, 0) is 0 Å². The minimum absolute atomic E-state index is 0.671. The van der Waals surface area contributed by atoms with Crippen molar-refractivity contribution in [3.8, 4) is 0 Å². The third-order valence-electron chi connectivity index (χ3n) is 1.65. The van der Waals surface area contributed by atoms with Crippen LogP contribution in [0.15, 0.2) is 32.7 Å². The normalized spacial score (nSPS) is 10.3. The standard InChI is InChI=1S/C9H5Br2ClN2S/c10-5-1-2-6(12)7(3-5)13-9-14-8(11)4-15-9/h1-4H,(H,13,14). The Labute approximate surface area is 113 Å². The van der Waals surface area contributed by atoms with E-state index in [2.05, 4.69) is 42.2 Å². The van der Waals surface area contributed by atoms with Crippen LogP contribution in [0.4, 0.5) is 10.8 Å². The third-order valence-corrected chi connectivity index (χ3v) is 3.94. The first kappa shape index (κ1) is 11.4. The molecule has 0 saturated heterocycles. The Kier molecular flexibility index (Phi) is 3.66. The SMILES string of the molecule is Clc1ccc(Br)cc1Nc1nc(Br)cs1. The molecule has 6 heteroatoms. The molecule has 15 heavy (non-hydrogen) atoms. The lowest BCUT2D eigenvalue weighted by Crippen LogP contribution is -1.90. The van der Waals surface area contributed by atoms with Crippen molar-refractivity contribution in [2.45, 2.75) is 0 Å². The van der Waals surface area contributed by atoms with E-state index < -0.39 is 0 Å². The lowest BCUT2D eigenvalue weighted by Gasteiger charge is -2.05. The smallest absolute Gasteiger partial charge is 0.188 e. The van der Waals surface area contributed by atoms with Crippen LogP contribution in [0.3, 0.4) is 0 Å². The summed E-state index contributed by atoms with van der Waals surface area (Å²) in [5.74, 6) is 0. The predicted octanol–water partition coefficient (Wildman–Crippen LogP) is 5.07. The molecule has 0 bridgehead atoms. The number of benzene rings is 1. The van der Waals surface area contributed by atoms with Gasteiger partial charge in [0.1, 0.15) is 4.60 Å². The van der Waals surface area contributed by atoms with Crippen LogP contribution in [0.1, 0.15) is 0 Å². The summed E-state index contributed by atoms with van der Waals surface area (Å²) in [6, 6.07) is 5.64. The molecule has 0 spiro atoms. The van der Waals surface area contributed by atoms with Crippen molar-refractivity contribution < 1.29 is 0 Å². The summed E-state index contributed by atoms with van der Waals surface area (Å²) < 4.78 is 1.80. The minimum atomic E-state index is 0.671. The van der Waals surface area contributed by atoms with E-state index >= 15 is 0 Å². The molecule has 2 aromatic rings. The molecule has 1 aromatic carbocycles. The summed E-state index contributed by atoms with van der Waals surface area (Å²) >= 11 is 14.2. The van der Waals surface area contributed by atoms with Gasteiger partial charge in [-0.3, -0.25) is 0 Å². The number of aromatic nitrogens is 1. The molecule has 1 heterocycles. The molecule has 1 N–H and O–H groups in total. The van der Waals surface area contributed by atoms with Crippen molar-refractivity contribution in [1.29, 1.82) is 0 Å². The van der Waals surface area contributed by atoms with Gasteiger partial charge in [0.05, 0.1) is 10.7 Å². The van der Waals surface area contributed by atoms with Crippen LogP contribution in [-0.4, -0.2) is 4.98 Å². The van der Waals surface area contributed by atoms with E-state index in [4.69, 9.17) is 11.6 Å². The van der Waals surface area contributed by atoms with Crippen molar-refractivity contribution in [3.63, 3.8) is 0 Å². The number of thiazole rings is 1. The lowest BCUT2D eigenvalue weighted by atomic mass is 10.3. The molecule has 0 atom stereocenters. The number of halogens is 3. The molecule has 0 aliphatic carbocycles. The quantitative estimate of drug-likeness (QED) is 0.801. The minimum Gasteiger partial charge on any atom is -0.330 e. The first-order valence-electron chi connectivity index (χ1n) is 3.98. The molecule has 0 saturated carbocycles. The van der Waals surface area contributed by atoms with E-state index in [-0.39, 0.29) is 0 Å². The molecule has 78 valence electrons. The van der Waals surface area contributed by atoms with Crippen molar-refractivity contribution in [3.05, 3.63) is 37.7 Å². The van der Waals surface area contributed by atoms with Gasteiger partial charge < -0.3 is 5.32 Å². The van der Waals surface area contributed by atoms with E-state index in [9.17, 15) is 0 Å². The van der Waals surface area contributed by atoms with Crippen LogP contribution in [0.25, 0.3) is 0 Å². The van der Waals surface area contributed by atoms with Gasteiger partial charge in [-0.25, -0.2) is 4.98 Å². The van der Waals surface area contributed by atoms with Gasteiger partial charge >= 0.3 is 0 Å². The predicted molar refractivity (Wildman–Crippen MR) is 72.2 cm³/mol. The number of nitrogens with one attached hydrogen (secondary N) is 1. The second-order valence-electron chi connectivity index (χ2n) is 2.72. The Morgan fingerprint density at radius 1 is 1.33 bits per heavy atom. The summed E-state index contributed by atoms with van der Waals surface area (Å²) in [5, 5.41) is 6.54. The second-order valence-corrected chi connectivity index (χ2v) is 5.72. The van der Waals surface area contributed by atoms with E-state index in [0.29, 0.717) is 5.02 Å². The maximum Gasteiger partial charge on any atom is 0.188 e. The summed E-state index contributed by atoms with van der Waals surface area (Å²) in [6.07, 6.45) is 0. The molecule has 0 unspecified atom stereocenters. The molecular formula is C9H5Br2ClN2S. The maximum absolute atomic E-state index is 6.03. The average Bonchev–Trinajstić information content (AvgIpc) is 2.58. The molecule has 1 aromatic heterocycles. The second kappa shape index (κ2) is 4.82. The highest BCUT2D eigenvalue weighted by Gasteiger charge is 2.04. The largest absolute Gasteiger partial charge is 0.330 e. The molecular weight excluding hydrogens is 363 g/mol. The Morgan fingerprint density at radius 3 is 2.80 bits per heavy atom. The summed E-state index contributed by atoms with van der Waals surface area (Å²) in [5.41, 5.74) is 0.841. The lowest BCUT2D eigenvalue weighted by molar-refractivity contribution is 1.34. The first-order valence-corrected chi connectivity index (χ1v) is 6.82. The highest BCUT2D eigenvalue weighted by molar-refractivity contribution is 9.10. The number of nitrogens with zero attached hydrogens (tertiary/aromatic N) is 1. The Hall–Kier alpha value is -0.100. The number of hydrogen-bond acceptors (Lipinski definition) is 3. The fraction of sp³-hybridized carbons (Fsp3) is 0. The fourth-order valence-electron chi connectivity index (χ4n) is 1.02. The molecule has 0 aliphatic rings. The van der Waals surface area contributed by atoms with Crippen LogP contribution < -0.4 is 5.32 Å². The Balaban J connectivity index is 2.27. The summed E-state index contributed by atoms with van der Waals surface area (Å²) in [6.45, 7) is 0. The number of hydrogen-bond donors (Lipinski definition) is 1. The van der Waals surface area contributed by atoms with Crippen LogP contribution in [0, 0.1) is 0 Å². The number of anilines is 2. The first-order chi connectivity index (χ1) is 7.15. The molecule has 0 aliphatic heterocycles. The van der Waals surface area contributed by atoms with Crippen LogP contribution >= 0.6 is 54.8 Å². The Morgan fingerprint density at radius 2 is 2.13 bits per heavy atom.